The lowest BCUT2D eigenvalue weighted by Gasteiger charge is -2.39. The Kier molecular flexibility index (Phi) is 1.72. The van der Waals surface area contributed by atoms with Crippen LogP contribution in [0.25, 0.3) is 0 Å². The molecule has 0 bridgehead atoms. The Hall–Kier alpha value is -0.160. The maximum atomic E-state index is 4.83. The highest BCUT2D eigenvalue weighted by Crippen LogP contribution is 2.32. The summed E-state index contributed by atoms with van der Waals surface area (Å²) in [7, 11) is 0. The van der Waals surface area contributed by atoms with Gasteiger partial charge < -0.3 is 0 Å². The van der Waals surface area contributed by atoms with Crippen molar-refractivity contribution in [2.24, 2.45) is 0 Å². The smallest absolute Gasteiger partial charge is 0.133 e. The molecule has 4 heteroatoms. The van der Waals surface area contributed by atoms with E-state index < -0.39 is 11.2 Å². The van der Waals surface area contributed by atoms with Crippen LogP contribution >= 0.6 is 0 Å². The monoisotopic (exact) mass is 148 g/mol. The van der Waals surface area contributed by atoms with Crippen molar-refractivity contribution >= 4 is 0 Å². The van der Waals surface area contributed by atoms with Crippen molar-refractivity contribution in [3.05, 3.63) is 0 Å². The predicted molar refractivity (Wildman–Crippen MR) is 32.5 cm³/mol. The van der Waals surface area contributed by atoms with Crippen LogP contribution in [0.15, 0.2) is 0 Å². The van der Waals surface area contributed by atoms with Gasteiger partial charge >= 0.3 is 0 Å². The molecule has 0 atom stereocenters. The van der Waals surface area contributed by atoms with E-state index in [0.717, 1.165) is 0 Å². The third-order valence-corrected chi connectivity index (χ3v) is 1.96. The summed E-state index contributed by atoms with van der Waals surface area (Å²) < 4.78 is 0. The standard InChI is InChI=1S/C6H12O4/c1-5(2)6(3,4)8-10-9-7-5/h1-4H3. The fraction of sp³-hybridized carbons (Fsp3) is 1.00. The Morgan fingerprint density at radius 2 is 1.00 bits per heavy atom. The molecule has 1 fully saturated rings. The Labute approximate surface area is 59.8 Å². The van der Waals surface area contributed by atoms with Crippen LogP contribution in [0.2, 0.25) is 0 Å². The summed E-state index contributed by atoms with van der Waals surface area (Å²) in [5, 5.41) is 8.40. The van der Waals surface area contributed by atoms with Gasteiger partial charge in [0.15, 0.2) is 0 Å². The normalized spacial score (nSPS) is 30.0. The minimum Gasteiger partial charge on any atom is -0.195 e. The maximum absolute atomic E-state index is 4.83. The van der Waals surface area contributed by atoms with Crippen LogP contribution < -0.4 is 0 Å². The summed E-state index contributed by atoms with van der Waals surface area (Å²) >= 11 is 0. The largest absolute Gasteiger partial charge is 0.195 e. The molecule has 0 saturated carbocycles. The van der Waals surface area contributed by atoms with Crippen LogP contribution in [0, 0.1) is 0 Å². The molecule has 0 aromatic carbocycles. The van der Waals surface area contributed by atoms with Gasteiger partial charge in [0.25, 0.3) is 0 Å². The number of rotatable bonds is 0. The summed E-state index contributed by atoms with van der Waals surface area (Å²) in [4.78, 5) is 9.67. The van der Waals surface area contributed by atoms with Crippen LogP contribution in [-0.2, 0) is 19.9 Å². The Bertz CT molecular complexity index is 114. The zero-order valence-corrected chi connectivity index (χ0v) is 6.63. The molecule has 1 heterocycles. The molecule has 0 radical (unpaired) electrons. The highest BCUT2D eigenvalue weighted by Gasteiger charge is 2.45. The summed E-state index contributed by atoms with van der Waals surface area (Å²) in [6, 6.07) is 0. The highest BCUT2D eigenvalue weighted by molar-refractivity contribution is 4.87. The van der Waals surface area contributed by atoms with Crippen LogP contribution in [0.4, 0.5) is 0 Å². The highest BCUT2D eigenvalue weighted by atomic mass is 17.7. The number of hydrogen-bond acceptors (Lipinski definition) is 4. The second kappa shape index (κ2) is 2.17. The van der Waals surface area contributed by atoms with Crippen LogP contribution in [0.5, 0.6) is 0 Å². The van der Waals surface area contributed by atoms with Crippen molar-refractivity contribution in [2.45, 2.75) is 38.9 Å². The van der Waals surface area contributed by atoms with E-state index in [9.17, 15) is 0 Å². The van der Waals surface area contributed by atoms with Crippen molar-refractivity contribution < 1.29 is 19.9 Å². The minimum atomic E-state index is -0.495. The summed E-state index contributed by atoms with van der Waals surface area (Å²) in [5.41, 5.74) is -0.990. The Balaban J connectivity index is 2.70. The average Bonchev–Trinajstić information content (AvgIpc) is 1.77. The first-order valence-corrected chi connectivity index (χ1v) is 3.16. The predicted octanol–water partition coefficient (Wildman–Crippen LogP) is 1.37. The second-order valence-electron chi connectivity index (χ2n) is 3.32. The quantitative estimate of drug-likeness (QED) is 0.486. The molecule has 0 amide bonds. The van der Waals surface area contributed by atoms with E-state index in [1.54, 1.807) is 0 Å². The summed E-state index contributed by atoms with van der Waals surface area (Å²) in [6.07, 6.45) is 0. The number of hydrogen-bond donors (Lipinski definition) is 0. The lowest BCUT2D eigenvalue weighted by atomic mass is 9.90. The zero-order chi connectivity index (χ0) is 7.83. The molecule has 1 aliphatic heterocycles. The average molecular weight is 148 g/mol. The molecule has 4 nitrogen and oxygen atoms in total. The van der Waals surface area contributed by atoms with E-state index >= 15 is 0 Å². The van der Waals surface area contributed by atoms with Crippen molar-refractivity contribution in [3.8, 4) is 0 Å². The molecule has 0 spiro atoms. The van der Waals surface area contributed by atoms with Gasteiger partial charge in [-0.15, -0.1) is 0 Å². The van der Waals surface area contributed by atoms with Crippen molar-refractivity contribution in [1.82, 2.24) is 0 Å². The van der Waals surface area contributed by atoms with Gasteiger partial charge in [-0.05, 0) is 37.8 Å². The lowest BCUT2D eigenvalue weighted by molar-refractivity contribution is -0.713. The van der Waals surface area contributed by atoms with Crippen LogP contribution in [0.3, 0.4) is 0 Å². The topological polar surface area (TPSA) is 36.9 Å². The molecule has 0 unspecified atom stereocenters. The van der Waals surface area contributed by atoms with E-state index in [1.807, 2.05) is 27.7 Å². The fourth-order valence-electron chi connectivity index (χ4n) is 0.399. The molecular weight excluding hydrogens is 136 g/mol. The van der Waals surface area contributed by atoms with E-state index in [0.29, 0.717) is 0 Å². The van der Waals surface area contributed by atoms with E-state index in [2.05, 4.69) is 10.1 Å². The van der Waals surface area contributed by atoms with Gasteiger partial charge in [-0.3, -0.25) is 0 Å². The second-order valence-corrected chi connectivity index (χ2v) is 3.32. The van der Waals surface area contributed by atoms with Gasteiger partial charge in [0.2, 0.25) is 0 Å². The van der Waals surface area contributed by atoms with Gasteiger partial charge in [0, 0.05) is 0 Å². The van der Waals surface area contributed by atoms with Crippen LogP contribution in [0.1, 0.15) is 27.7 Å². The first-order chi connectivity index (χ1) is 4.46. The maximum Gasteiger partial charge on any atom is 0.133 e. The fourth-order valence-corrected chi connectivity index (χ4v) is 0.399. The van der Waals surface area contributed by atoms with Crippen molar-refractivity contribution in [3.63, 3.8) is 0 Å². The van der Waals surface area contributed by atoms with Gasteiger partial charge in [-0.25, -0.2) is 0 Å². The summed E-state index contributed by atoms with van der Waals surface area (Å²) in [6.45, 7) is 7.43. The molecule has 1 rings (SSSR count). The first kappa shape index (κ1) is 7.94. The minimum absolute atomic E-state index is 0.495. The molecule has 0 aliphatic carbocycles. The van der Waals surface area contributed by atoms with Crippen molar-refractivity contribution in [2.75, 3.05) is 0 Å². The molecule has 0 N–H and O–H groups in total. The van der Waals surface area contributed by atoms with E-state index in [-0.39, 0.29) is 0 Å². The SMILES string of the molecule is CC1(C)OOOOC1(C)C. The van der Waals surface area contributed by atoms with Gasteiger partial charge in [0.1, 0.15) is 11.2 Å². The van der Waals surface area contributed by atoms with Gasteiger partial charge in [0.05, 0.1) is 0 Å². The first-order valence-electron chi connectivity index (χ1n) is 3.16. The summed E-state index contributed by atoms with van der Waals surface area (Å²) in [5.74, 6) is 0. The lowest BCUT2D eigenvalue weighted by Crippen LogP contribution is -2.52. The van der Waals surface area contributed by atoms with Gasteiger partial charge in [-0.2, -0.15) is 9.78 Å². The zero-order valence-electron chi connectivity index (χ0n) is 6.63. The third kappa shape index (κ3) is 1.15. The van der Waals surface area contributed by atoms with Gasteiger partial charge in [-0.1, -0.05) is 0 Å². The molecule has 10 heavy (non-hydrogen) atoms. The Morgan fingerprint density at radius 1 is 0.700 bits per heavy atom. The van der Waals surface area contributed by atoms with Crippen LogP contribution in [-0.4, -0.2) is 11.2 Å². The molecule has 0 aromatic heterocycles. The molecule has 0 aromatic rings. The molecular formula is C6H12O4. The van der Waals surface area contributed by atoms with E-state index in [4.69, 9.17) is 9.78 Å². The molecule has 1 aliphatic rings. The molecule has 60 valence electrons. The van der Waals surface area contributed by atoms with E-state index in [1.165, 1.54) is 0 Å². The third-order valence-electron chi connectivity index (χ3n) is 1.96. The Morgan fingerprint density at radius 3 is 1.20 bits per heavy atom. The molecule has 1 saturated heterocycles. The van der Waals surface area contributed by atoms with Crippen molar-refractivity contribution in [1.29, 1.82) is 0 Å².